The van der Waals surface area contributed by atoms with E-state index in [-0.39, 0.29) is 0 Å². The minimum atomic E-state index is 0.785. The van der Waals surface area contributed by atoms with Crippen LogP contribution in [-0.4, -0.2) is 32.1 Å². The molecule has 1 rings (SSSR count). The van der Waals surface area contributed by atoms with Gasteiger partial charge in [-0.05, 0) is 50.2 Å². The van der Waals surface area contributed by atoms with Crippen molar-refractivity contribution in [3.8, 4) is 5.75 Å². The normalized spacial score (nSPS) is 10.9. The maximum Gasteiger partial charge on any atom is 0.125 e. The van der Waals surface area contributed by atoms with Crippen molar-refractivity contribution in [2.24, 2.45) is 0 Å². The molecule has 0 saturated heterocycles. The Kier molecular flexibility index (Phi) is 5.10. The molecule has 16 heavy (non-hydrogen) atoms. The van der Waals surface area contributed by atoms with E-state index in [1.54, 1.807) is 7.11 Å². The molecule has 0 aromatic heterocycles. The van der Waals surface area contributed by atoms with Crippen LogP contribution in [0.2, 0.25) is 5.02 Å². The van der Waals surface area contributed by atoms with E-state index in [4.69, 9.17) is 16.3 Å². The zero-order valence-corrected chi connectivity index (χ0v) is 11.3. The SMILES string of the molecule is CCN(C)CCc1cc(Cl)cc(C)c1OC. The minimum Gasteiger partial charge on any atom is -0.496 e. The van der Waals surface area contributed by atoms with Gasteiger partial charge in [-0.3, -0.25) is 0 Å². The van der Waals surface area contributed by atoms with Gasteiger partial charge < -0.3 is 9.64 Å². The molecule has 0 saturated carbocycles. The van der Waals surface area contributed by atoms with Crippen LogP contribution in [0.5, 0.6) is 5.75 Å². The van der Waals surface area contributed by atoms with Gasteiger partial charge in [0.2, 0.25) is 0 Å². The van der Waals surface area contributed by atoms with Crippen molar-refractivity contribution >= 4 is 11.6 Å². The Labute approximate surface area is 103 Å². The first-order chi connectivity index (χ1) is 7.58. The van der Waals surface area contributed by atoms with E-state index in [1.807, 2.05) is 19.1 Å². The number of rotatable bonds is 5. The second kappa shape index (κ2) is 6.12. The number of nitrogens with zero attached hydrogens (tertiary/aromatic N) is 1. The molecule has 0 unspecified atom stereocenters. The molecule has 0 aliphatic rings. The van der Waals surface area contributed by atoms with Gasteiger partial charge in [-0.15, -0.1) is 0 Å². The number of benzene rings is 1. The Morgan fingerprint density at radius 1 is 1.38 bits per heavy atom. The molecule has 0 amide bonds. The first-order valence-electron chi connectivity index (χ1n) is 5.60. The lowest BCUT2D eigenvalue weighted by Crippen LogP contribution is -2.20. The summed E-state index contributed by atoms with van der Waals surface area (Å²) >= 11 is 6.06. The van der Waals surface area contributed by atoms with Crippen molar-refractivity contribution in [2.45, 2.75) is 20.3 Å². The zero-order chi connectivity index (χ0) is 12.1. The molecule has 0 bridgehead atoms. The fraction of sp³-hybridized carbons (Fsp3) is 0.538. The summed E-state index contributed by atoms with van der Waals surface area (Å²) in [6, 6.07) is 3.93. The van der Waals surface area contributed by atoms with Gasteiger partial charge in [0.15, 0.2) is 0 Å². The fourth-order valence-corrected chi connectivity index (χ4v) is 2.04. The summed E-state index contributed by atoms with van der Waals surface area (Å²) < 4.78 is 5.42. The number of halogens is 1. The number of aryl methyl sites for hydroxylation is 1. The third-order valence-corrected chi connectivity index (χ3v) is 3.04. The predicted molar refractivity (Wildman–Crippen MR) is 69.6 cm³/mol. The van der Waals surface area contributed by atoms with Gasteiger partial charge in [-0.25, -0.2) is 0 Å². The van der Waals surface area contributed by atoms with Gasteiger partial charge in [0.05, 0.1) is 7.11 Å². The lowest BCUT2D eigenvalue weighted by atomic mass is 10.1. The lowest BCUT2D eigenvalue weighted by Gasteiger charge is -2.16. The van der Waals surface area contributed by atoms with Crippen molar-refractivity contribution in [3.05, 3.63) is 28.3 Å². The maximum atomic E-state index is 6.06. The molecule has 90 valence electrons. The fourth-order valence-electron chi connectivity index (χ4n) is 1.75. The molecule has 0 N–H and O–H groups in total. The Hall–Kier alpha value is -0.730. The largest absolute Gasteiger partial charge is 0.496 e. The maximum absolute atomic E-state index is 6.06. The van der Waals surface area contributed by atoms with Crippen LogP contribution < -0.4 is 4.74 Å². The molecule has 1 aromatic rings. The summed E-state index contributed by atoms with van der Waals surface area (Å²) in [5, 5.41) is 0.785. The summed E-state index contributed by atoms with van der Waals surface area (Å²) in [5.41, 5.74) is 2.29. The highest BCUT2D eigenvalue weighted by Crippen LogP contribution is 2.27. The number of ether oxygens (including phenoxy) is 1. The molecule has 0 heterocycles. The van der Waals surface area contributed by atoms with E-state index in [9.17, 15) is 0 Å². The third-order valence-electron chi connectivity index (χ3n) is 2.82. The zero-order valence-electron chi connectivity index (χ0n) is 10.5. The molecule has 0 spiro atoms. The Morgan fingerprint density at radius 2 is 2.06 bits per heavy atom. The van der Waals surface area contributed by atoms with Gasteiger partial charge in [0.1, 0.15) is 5.75 Å². The topological polar surface area (TPSA) is 12.5 Å². The molecular weight excluding hydrogens is 222 g/mol. The van der Waals surface area contributed by atoms with Gasteiger partial charge in [0.25, 0.3) is 0 Å². The summed E-state index contributed by atoms with van der Waals surface area (Å²) in [4.78, 5) is 2.27. The molecule has 0 radical (unpaired) electrons. The number of likely N-dealkylation sites (N-methyl/N-ethyl adjacent to an activating group) is 1. The monoisotopic (exact) mass is 241 g/mol. The van der Waals surface area contributed by atoms with Crippen molar-refractivity contribution in [3.63, 3.8) is 0 Å². The highest BCUT2D eigenvalue weighted by molar-refractivity contribution is 6.30. The predicted octanol–water partition coefficient (Wildman–Crippen LogP) is 3.15. The Morgan fingerprint density at radius 3 is 2.62 bits per heavy atom. The van der Waals surface area contributed by atoms with E-state index in [2.05, 4.69) is 18.9 Å². The Bertz CT molecular complexity index is 352. The van der Waals surface area contributed by atoms with Crippen LogP contribution in [0.25, 0.3) is 0 Å². The average Bonchev–Trinajstić information content (AvgIpc) is 2.25. The first-order valence-corrected chi connectivity index (χ1v) is 5.97. The number of hydrogen-bond donors (Lipinski definition) is 0. The van der Waals surface area contributed by atoms with E-state index >= 15 is 0 Å². The third kappa shape index (κ3) is 3.39. The molecule has 0 aliphatic carbocycles. The van der Waals surface area contributed by atoms with Crippen LogP contribution in [0.15, 0.2) is 12.1 Å². The van der Waals surface area contributed by atoms with Crippen LogP contribution in [0.4, 0.5) is 0 Å². The highest BCUT2D eigenvalue weighted by atomic mass is 35.5. The number of methoxy groups -OCH3 is 1. The van der Waals surface area contributed by atoms with Crippen molar-refractivity contribution in [2.75, 3.05) is 27.2 Å². The molecule has 2 nitrogen and oxygen atoms in total. The van der Waals surface area contributed by atoms with E-state index in [1.165, 1.54) is 5.56 Å². The smallest absolute Gasteiger partial charge is 0.125 e. The molecular formula is C13H20ClNO. The average molecular weight is 242 g/mol. The highest BCUT2D eigenvalue weighted by Gasteiger charge is 2.08. The van der Waals surface area contributed by atoms with Crippen molar-refractivity contribution in [1.29, 1.82) is 0 Å². The summed E-state index contributed by atoms with van der Waals surface area (Å²) in [6.07, 6.45) is 0.967. The second-order valence-electron chi connectivity index (χ2n) is 4.06. The molecule has 3 heteroatoms. The standard InChI is InChI=1S/C13H20ClNO/c1-5-15(3)7-6-11-9-12(14)8-10(2)13(11)16-4/h8-9H,5-7H2,1-4H3. The van der Waals surface area contributed by atoms with Crippen LogP contribution in [-0.2, 0) is 6.42 Å². The first kappa shape index (κ1) is 13.3. The van der Waals surface area contributed by atoms with Gasteiger partial charge in [0, 0.05) is 11.6 Å². The van der Waals surface area contributed by atoms with Crippen molar-refractivity contribution < 1.29 is 4.74 Å². The van der Waals surface area contributed by atoms with E-state index in [0.29, 0.717) is 0 Å². The summed E-state index contributed by atoms with van der Waals surface area (Å²) in [7, 11) is 3.83. The molecule has 0 atom stereocenters. The Balaban J connectivity index is 2.85. The van der Waals surface area contributed by atoms with Gasteiger partial charge >= 0.3 is 0 Å². The van der Waals surface area contributed by atoms with Crippen LogP contribution in [0.3, 0.4) is 0 Å². The van der Waals surface area contributed by atoms with Crippen LogP contribution in [0, 0.1) is 6.92 Å². The summed E-state index contributed by atoms with van der Waals surface area (Å²) in [5.74, 6) is 0.967. The molecule has 0 aliphatic heterocycles. The second-order valence-corrected chi connectivity index (χ2v) is 4.50. The van der Waals surface area contributed by atoms with Gasteiger partial charge in [-0.1, -0.05) is 18.5 Å². The lowest BCUT2D eigenvalue weighted by molar-refractivity contribution is 0.352. The summed E-state index contributed by atoms with van der Waals surface area (Å²) in [6.45, 7) is 6.26. The van der Waals surface area contributed by atoms with E-state index < -0.39 is 0 Å². The minimum absolute atomic E-state index is 0.785. The van der Waals surface area contributed by atoms with Crippen LogP contribution in [0.1, 0.15) is 18.1 Å². The van der Waals surface area contributed by atoms with Crippen LogP contribution >= 0.6 is 11.6 Å². The van der Waals surface area contributed by atoms with Crippen molar-refractivity contribution in [1.82, 2.24) is 4.90 Å². The number of hydrogen-bond acceptors (Lipinski definition) is 2. The quantitative estimate of drug-likeness (QED) is 0.785. The van der Waals surface area contributed by atoms with E-state index in [0.717, 1.165) is 35.8 Å². The molecule has 0 fully saturated rings. The van der Waals surface area contributed by atoms with Gasteiger partial charge in [-0.2, -0.15) is 0 Å². The molecule has 1 aromatic carbocycles.